The molecule has 2 atom stereocenters. The monoisotopic (exact) mass is 267 g/mol. The van der Waals surface area contributed by atoms with Gasteiger partial charge in [-0.2, -0.15) is 0 Å². The molecule has 1 rings (SSSR count). The van der Waals surface area contributed by atoms with Gasteiger partial charge in [-0.3, -0.25) is 0 Å². The molecule has 2 nitrogen and oxygen atoms in total. The predicted molar refractivity (Wildman–Crippen MR) is 77.6 cm³/mol. The number of halogens is 1. The van der Waals surface area contributed by atoms with Gasteiger partial charge >= 0.3 is 0 Å². The van der Waals surface area contributed by atoms with E-state index in [4.69, 9.17) is 0 Å². The number of hydrogen-bond donors (Lipinski definition) is 2. The highest BCUT2D eigenvalue weighted by Gasteiger charge is 2.17. The number of hydrogen-bond acceptors (Lipinski definition) is 2. The lowest BCUT2D eigenvalue weighted by Gasteiger charge is -2.24. The topological polar surface area (TPSA) is 32.3 Å². The normalized spacial score (nSPS) is 15.3. The van der Waals surface area contributed by atoms with Crippen molar-refractivity contribution < 1.29 is 9.50 Å². The van der Waals surface area contributed by atoms with Crippen molar-refractivity contribution in [3.8, 4) is 0 Å². The summed E-state index contributed by atoms with van der Waals surface area (Å²) in [5, 5.41) is 13.2. The van der Waals surface area contributed by atoms with E-state index in [2.05, 4.69) is 33.0 Å². The molecule has 3 heteroatoms. The average Bonchev–Trinajstić information content (AvgIpc) is 2.27. The van der Waals surface area contributed by atoms with Crippen LogP contribution in [0, 0.1) is 11.2 Å². The summed E-state index contributed by atoms with van der Waals surface area (Å²) in [4.78, 5) is 0. The molecule has 2 N–H and O–H groups in total. The Labute approximate surface area is 116 Å². The van der Waals surface area contributed by atoms with E-state index in [0.29, 0.717) is 6.54 Å². The van der Waals surface area contributed by atoms with Crippen molar-refractivity contribution in [2.24, 2.45) is 5.41 Å². The maximum atomic E-state index is 12.8. The zero-order valence-corrected chi connectivity index (χ0v) is 12.4. The van der Waals surface area contributed by atoms with Crippen LogP contribution in [-0.4, -0.2) is 23.8 Å². The third-order valence-corrected chi connectivity index (χ3v) is 3.01. The first kappa shape index (κ1) is 16.1. The van der Waals surface area contributed by atoms with Crippen LogP contribution in [0.25, 0.3) is 0 Å². The minimum absolute atomic E-state index is 0.140. The number of aliphatic hydroxyl groups is 1. The van der Waals surface area contributed by atoms with Crippen LogP contribution in [0.1, 0.15) is 39.7 Å². The zero-order valence-electron chi connectivity index (χ0n) is 12.4. The highest BCUT2D eigenvalue weighted by atomic mass is 19.1. The summed E-state index contributed by atoms with van der Waals surface area (Å²) in [5.74, 6) is -0.204. The van der Waals surface area contributed by atoms with E-state index >= 15 is 0 Å². The van der Waals surface area contributed by atoms with Gasteiger partial charge in [0, 0.05) is 12.6 Å². The van der Waals surface area contributed by atoms with Crippen molar-refractivity contribution >= 4 is 0 Å². The fraction of sp³-hybridized carbons (Fsp3) is 0.625. The number of rotatable bonds is 6. The molecule has 0 bridgehead atoms. The van der Waals surface area contributed by atoms with Gasteiger partial charge in [0.25, 0.3) is 0 Å². The van der Waals surface area contributed by atoms with Crippen molar-refractivity contribution in [3.63, 3.8) is 0 Å². The van der Waals surface area contributed by atoms with Gasteiger partial charge < -0.3 is 10.4 Å². The highest BCUT2D eigenvalue weighted by molar-refractivity contribution is 5.16. The fourth-order valence-electron chi connectivity index (χ4n) is 2.16. The van der Waals surface area contributed by atoms with Crippen LogP contribution in [0.15, 0.2) is 24.3 Å². The summed E-state index contributed by atoms with van der Waals surface area (Å²) in [6, 6.07) is 6.84. The van der Waals surface area contributed by atoms with E-state index in [-0.39, 0.29) is 23.4 Å². The van der Waals surface area contributed by atoms with E-state index in [9.17, 15) is 9.50 Å². The lowest BCUT2D eigenvalue weighted by Crippen LogP contribution is -2.36. The van der Waals surface area contributed by atoms with Crippen LogP contribution in [0.4, 0.5) is 4.39 Å². The molecule has 1 aromatic carbocycles. The second-order valence-corrected chi connectivity index (χ2v) is 6.56. The Balaban J connectivity index is 2.31. The van der Waals surface area contributed by atoms with Gasteiger partial charge in [0.15, 0.2) is 0 Å². The van der Waals surface area contributed by atoms with Crippen LogP contribution in [0.3, 0.4) is 0 Å². The Hall–Kier alpha value is -0.930. The van der Waals surface area contributed by atoms with Crippen molar-refractivity contribution in [2.75, 3.05) is 6.54 Å². The predicted octanol–water partition coefficient (Wildman–Crippen LogP) is 3.14. The fourth-order valence-corrected chi connectivity index (χ4v) is 2.16. The number of aliphatic hydroxyl groups excluding tert-OH is 1. The van der Waals surface area contributed by atoms with Gasteiger partial charge in [-0.25, -0.2) is 4.39 Å². The first-order chi connectivity index (χ1) is 8.76. The van der Waals surface area contributed by atoms with Gasteiger partial charge in [-0.15, -0.1) is 0 Å². The van der Waals surface area contributed by atoms with Crippen LogP contribution < -0.4 is 5.32 Å². The molecule has 0 aliphatic rings. The molecule has 0 heterocycles. The van der Waals surface area contributed by atoms with E-state index < -0.39 is 0 Å². The van der Waals surface area contributed by atoms with Crippen molar-refractivity contribution in [1.82, 2.24) is 5.32 Å². The maximum absolute atomic E-state index is 12.8. The molecular weight excluding hydrogens is 241 g/mol. The molecule has 2 unspecified atom stereocenters. The molecule has 0 aliphatic carbocycles. The van der Waals surface area contributed by atoms with Crippen molar-refractivity contribution in [3.05, 3.63) is 35.6 Å². The largest absolute Gasteiger partial charge is 0.392 e. The lowest BCUT2D eigenvalue weighted by molar-refractivity contribution is 0.117. The smallest absolute Gasteiger partial charge is 0.123 e. The standard InChI is InChI=1S/C16H26FNO/c1-12(9-13-5-7-14(17)8-6-13)18-11-15(19)10-16(2,3)4/h5-8,12,15,18-19H,9-11H2,1-4H3. The Bertz CT molecular complexity index is 369. The highest BCUT2D eigenvalue weighted by Crippen LogP contribution is 2.20. The van der Waals surface area contributed by atoms with Gasteiger partial charge in [-0.05, 0) is 42.9 Å². The number of benzene rings is 1. The second-order valence-electron chi connectivity index (χ2n) is 6.56. The molecule has 108 valence electrons. The molecule has 0 aliphatic heterocycles. The van der Waals surface area contributed by atoms with Crippen molar-refractivity contribution in [2.45, 2.75) is 52.7 Å². The van der Waals surface area contributed by atoms with Crippen LogP contribution in [0.2, 0.25) is 0 Å². The second kappa shape index (κ2) is 7.01. The SMILES string of the molecule is CC(Cc1ccc(F)cc1)NCC(O)CC(C)(C)C. The molecule has 0 saturated heterocycles. The summed E-state index contributed by atoms with van der Waals surface area (Å²) >= 11 is 0. The summed E-state index contributed by atoms with van der Waals surface area (Å²) in [6.45, 7) is 9.04. The lowest BCUT2D eigenvalue weighted by atomic mass is 9.89. The minimum atomic E-state index is -0.323. The van der Waals surface area contributed by atoms with Gasteiger partial charge in [-0.1, -0.05) is 32.9 Å². The maximum Gasteiger partial charge on any atom is 0.123 e. The Morgan fingerprint density at radius 3 is 2.32 bits per heavy atom. The van der Waals surface area contributed by atoms with E-state index in [1.54, 1.807) is 12.1 Å². The van der Waals surface area contributed by atoms with Crippen molar-refractivity contribution in [1.29, 1.82) is 0 Å². The summed E-state index contributed by atoms with van der Waals surface area (Å²) in [6.07, 6.45) is 1.29. The minimum Gasteiger partial charge on any atom is -0.392 e. The van der Waals surface area contributed by atoms with Crippen LogP contribution in [0.5, 0.6) is 0 Å². The summed E-state index contributed by atoms with van der Waals surface area (Å²) < 4.78 is 12.8. The molecule has 0 amide bonds. The average molecular weight is 267 g/mol. The molecule has 0 saturated carbocycles. The van der Waals surface area contributed by atoms with E-state index in [0.717, 1.165) is 18.4 Å². The number of nitrogens with one attached hydrogen (secondary N) is 1. The van der Waals surface area contributed by atoms with Gasteiger partial charge in [0.05, 0.1) is 6.10 Å². The molecule has 0 radical (unpaired) electrons. The Morgan fingerprint density at radius 2 is 1.79 bits per heavy atom. The summed E-state index contributed by atoms with van der Waals surface area (Å²) in [7, 11) is 0. The molecule has 19 heavy (non-hydrogen) atoms. The molecule has 0 spiro atoms. The van der Waals surface area contributed by atoms with Gasteiger partial charge in [0.2, 0.25) is 0 Å². The van der Waals surface area contributed by atoms with Crippen LogP contribution in [-0.2, 0) is 6.42 Å². The van der Waals surface area contributed by atoms with E-state index in [1.165, 1.54) is 12.1 Å². The van der Waals surface area contributed by atoms with Gasteiger partial charge in [0.1, 0.15) is 5.82 Å². The Morgan fingerprint density at radius 1 is 1.21 bits per heavy atom. The molecule has 0 aromatic heterocycles. The first-order valence-electron chi connectivity index (χ1n) is 6.92. The third-order valence-electron chi connectivity index (χ3n) is 3.01. The summed E-state index contributed by atoms with van der Waals surface area (Å²) in [5.41, 5.74) is 1.24. The first-order valence-corrected chi connectivity index (χ1v) is 6.92. The molecular formula is C16H26FNO. The zero-order chi connectivity index (χ0) is 14.5. The van der Waals surface area contributed by atoms with Crippen LogP contribution >= 0.6 is 0 Å². The molecule has 1 aromatic rings. The quantitative estimate of drug-likeness (QED) is 0.830. The third kappa shape index (κ3) is 7.28. The molecule has 0 fully saturated rings. The van der Waals surface area contributed by atoms with E-state index in [1.807, 2.05) is 0 Å². The Kier molecular flexibility index (Phi) is 5.95.